The Morgan fingerprint density at radius 3 is 1.45 bits per heavy atom. The Balaban J connectivity index is 1.63. The summed E-state index contributed by atoms with van der Waals surface area (Å²) < 4.78 is 17.8. The summed E-state index contributed by atoms with van der Waals surface area (Å²) in [7, 11) is 7.12. The van der Waals surface area contributed by atoms with Crippen molar-refractivity contribution in [3.05, 3.63) is 0 Å². The first-order valence-corrected chi connectivity index (χ1v) is 22.7. The van der Waals surface area contributed by atoms with Gasteiger partial charge in [-0.05, 0) is 0 Å². The molecular formula is C13H24O3S3Sn. The molecule has 3 aliphatic rings. The van der Waals surface area contributed by atoms with Gasteiger partial charge in [0.2, 0.25) is 0 Å². The first kappa shape index (κ1) is 16.6. The minimum absolute atomic E-state index is 0.782. The molecular weight excluding hydrogens is 419 g/mol. The Morgan fingerprint density at radius 2 is 1.20 bits per heavy atom. The zero-order valence-electron chi connectivity index (χ0n) is 12.0. The fourth-order valence-electron chi connectivity index (χ4n) is 2.26. The molecule has 3 aliphatic heterocycles. The zero-order valence-corrected chi connectivity index (χ0v) is 17.3. The van der Waals surface area contributed by atoms with Gasteiger partial charge < -0.3 is 0 Å². The molecule has 0 atom stereocenters. The molecule has 3 nitrogen and oxygen atoms in total. The number of unbranched alkanes of at least 4 members (excludes halogenated alkanes) is 1. The molecule has 116 valence electrons. The molecule has 3 saturated heterocycles. The van der Waals surface area contributed by atoms with Crippen LogP contribution in [0, 0.1) is 0 Å². The average Bonchev–Trinajstić information content (AvgIpc) is 2.30. The van der Waals surface area contributed by atoms with E-state index in [1.807, 2.05) is 0 Å². The second-order valence-corrected chi connectivity index (χ2v) is 38.9. The minimum atomic E-state index is -2.27. The van der Waals surface area contributed by atoms with Crippen molar-refractivity contribution in [2.45, 2.75) is 40.0 Å². The quantitative estimate of drug-likeness (QED) is 0.509. The van der Waals surface area contributed by atoms with Crippen molar-refractivity contribution in [1.82, 2.24) is 0 Å². The summed E-state index contributed by atoms with van der Waals surface area (Å²) in [5.74, 6) is 0. The molecule has 7 heteroatoms. The van der Waals surface area contributed by atoms with Gasteiger partial charge in [0.25, 0.3) is 0 Å². The van der Waals surface area contributed by atoms with E-state index in [-0.39, 0.29) is 0 Å². The summed E-state index contributed by atoms with van der Waals surface area (Å²) in [5.41, 5.74) is 0. The Hall–Kier alpha value is 1.73. The molecule has 0 radical (unpaired) electrons. The van der Waals surface area contributed by atoms with Gasteiger partial charge in [-0.2, -0.15) is 0 Å². The van der Waals surface area contributed by atoms with Crippen molar-refractivity contribution in [2.24, 2.45) is 0 Å². The fraction of sp³-hybridized carbons (Fsp3) is 1.00. The average molecular weight is 443 g/mol. The molecule has 0 aromatic carbocycles. The van der Waals surface area contributed by atoms with Gasteiger partial charge >= 0.3 is 135 Å². The van der Waals surface area contributed by atoms with Gasteiger partial charge in [0.1, 0.15) is 0 Å². The normalized spacial score (nSPS) is 25.1. The standard InChI is InChI=1S/C4H9.3C3H6OS.Sn/c1-3-4-2;3*5-3-1-4-2-3;/h1,3-4H2,2H3;3*3,5H,1-2H2;/q;;;;+3/p-3. The van der Waals surface area contributed by atoms with Crippen LogP contribution in [0.2, 0.25) is 4.44 Å². The van der Waals surface area contributed by atoms with E-state index in [1.54, 1.807) is 0 Å². The van der Waals surface area contributed by atoms with Gasteiger partial charge in [0.05, 0.1) is 0 Å². The third-order valence-electron chi connectivity index (χ3n) is 3.70. The van der Waals surface area contributed by atoms with E-state index in [9.17, 15) is 0 Å². The van der Waals surface area contributed by atoms with Crippen LogP contribution in [0.5, 0.6) is 0 Å². The van der Waals surface area contributed by atoms with Crippen LogP contribution in [0.3, 0.4) is 0 Å². The van der Waals surface area contributed by atoms with E-state index >= 15 is 0 Å². The van der Waals surface area contributed by atoms with Gasteiger partial charge in [0, 0.05) is 0 Å². The molecule has 0 amide bonds. The maximum atomic E-state index is 5.42. The SMILES string of the molecule is CCC[CH2][Sn]([S]C1COC1)([S]C1COC1)[S]C1COC1. The zero-order chi connectivity index (χ0) is 13.8. The molecule has 0 aromatic heterocycles. The van der Waals surface area contributed by atoms with Crippen LogP contribution in [0.1, 0.15) is 19.8 Å². The third-order valence-corrected chi connectivity index (χ3v) is 42.9. The molecule has 3 rings (SSSR count). The van der Waals surface area contributed by atoms with Gasteiger partial charge in [-0.3, -0.25) is 0 Å². The molecule has 0 N–H and O–H groups in total. The van der Waals surface area contributed by atoms with Crippen molar-refractivity contribution in [1.29, 1.82) is 0 Å². The fourth-order valence-corrected chi connectivity index (χ4v) is 51.2. The van der Waals surface area contributed by atoms with E-state index in [1.165, 1.54) is 17.3 Å². The van der Waals surface area contributed by atoms with Crippen LogP contribution >= 0.6 is 26.8 Å². The van der Waals surface area contributed by atoms with Crippen LogP contribution < -0.4 is 0 Å². The topological polar surface area (TPSA) is 27.7 Å². The molecule has 3 heterocycles. The molecule has 0 aliphatic carbocycles. The van der Waals surface area contributed by atoms with Crippen molar-refractivity contribution < 1.29 is 14.2 Å². The second kappa shape index (κ2) is 8.01. The number of hydrogen-bond acceptors (Lipinski definition) is 6. The van der Waals surface area contributed by atoms with E-state index in [0.29, 0.717) is 0 Å². The van der Waals surface area contributed by atoms with E-state index in [2.05, 4.69) is 33.8 Å². The first-order valence-electron chi connectivity index (χ1n) is 7.56. The summed E-state index contributed by atoms with van der Waals surface area (Å²) in [4.78, 5) is 0. The van der Waals surface area contributed by atoms with E-state index < -0.39 is 14.2 Å². The van der Waals surface area contributed by atoms with Gasteiger partial charge in [-0.15, -0.1) is 0 Å². The summed E-state index contributed by atoms with van der Waals surface area (Å²) >= 11 is -2.27. The molecule has 0 aromatic rings. The van der Waals surface area contributed by atoms with Crippen molar-refractivity contribution in [2.75, 3.05) is 39.6 Å². The van der Waals surface area contributed by atoms with E-state index in [4.69, 9.17) is 14.2 Å². The Labute approximate surface area is 134 Å². The monoisotopic (exact) mass is 444 g/mol. The summed E-state index contributed by atoms with van der Waals surface area (Å²) in [6.07, 6.45) is 2.72. The maximum absolute atomic E-state index is 5.42. The van der Waals surface area contributed by atoms with Crippen LogP contribution in [0.15, 0.2) is 0 Å². The molecule has 3 fully saturated rings. The van der Waals surface area contributed by atoms with Crippen molar-refractivity contribution in [3.8, 4) is 0 Å². The molecule has 0 saturated carbocycles. The predicted octanol–water partition coefficient (Wildman–Crippen LogP) is 3.12. The Kier molecular flexibility index (Phi) is 6.64. The van der Waals surface area contributed by atoms with Crippen molar-refractivity contribution in [3.63, 3.8) is 0 Å². The van der Waals surface area contributed by atoms with E-state index in [0.717, 1.165) is 55.4 Å². The Morgan fingerprint density at radius 1 is 0.800 bits per heavy atom. The summed E-state index contributed by atoms with van der Waals surface area (Å²) in [6.45, 7) is 8.23. The Bertz CT molecular complexity index is 268. The van der Waals surface area contributed by atoms with Gasteiger partial charge in [0.15, 0.2) is 0 Å². The van der Waals surface area contributed by atoms with Crippen LogP contribution in [0.25, 0.3) is 0 Å². The van der Waals surface area contributed by atoms with Gasteiger partial charge in [-0.1, -0.05) is 0 Å². The molecule has 0 unspecified atom stereocenters. The number of ether oxygens (including phenoxy) is 3. The number of rotatable bonds is 9. The number of hydrogen-bond donors (Lipinski definition) is 0. The summed E-state index contributed by atoms with van der Waals surface area (Å²) in [5, 5.41) is 2.35. The second-order valence-electron chi connectivity index (χ2n) is 5.62. The van der Waals surface area contributed by atoms with Crippen molar-refractivity contribution >= 4 is 41.1 Å². The van der Waals surface area contributed by atoms with Crippen LogP contribution in [-0.2, 0) is 14.2 Å². The first-order chi connectivity index (χ1) is 9.80. The van der Waals surface area contributed by atoms with Gasteiger partial charge in [-0.25, -0.2) is 0 Å². The summed E-state index contributed by atoms with van der Waals surface area (Å²) in [6, 6.07) is 0. The molecule has 0 bridgehead atoms. The van der Waals surface area contributed by atoms with Crippen LogP contribution in [-0.4, -0.2) is 69.6 Å². The molecule has 0 spiro atoms. The third kappa shape index (κ3) is 4.38. The van der Waals surface area contributed by atoms with Crippen LogP contribution in [0.4, 0.5) is 0 Å². The molecule has 20 heavy (non-hydrogen) atoms. The predicted molar refractivity (Wildman–Crippen MR) is 92.1 cm³/mol.